The fraction of sp³-hybridized carbons (Fsp3) is 0.400. The topological polar surface area (TPSA) is 87.9 Å². The Morgan fingerprint density at radius 1 is 1.33 bits per heavy atom. The molecule has 0 unspecified atom stereocenters. The number of hydrogen-bond donors (Lipinski definition) is 1. The maximum Gasteiger partial charge on any atom is 0.274 e. The van der Waals surface area contributed by atoms with Crippen LogP contribution in [-0.4, -0.2) is 44.2 Å². The van der Waals surface area contributed by atoms with E-state index in [2.05, 4.69) is 27.3 Å². The first-order valence-electron chi connectivity index (χ1n) is 9.47. The van der Waals surface area contributed by atoms with Crippen LogP contribution in [0.25, 0.3) is 11.4 Å². The molecule has 0 bridgehead atoms. The average molecular weight is 365 g/mol. The van der Waals surface area contributed by atoms with Crippen LogP contribution in [0, 0.1) is 0 Å². The molecule has 3 heterocycles. The van der Waals surface area contributed by atoms with Crippen molar-refractivity contribution in [1.82, 2.24) is 25.2 Å². The molecular weight excluding hydrogens is 342 g/mol. The lowest BCUT2D eigenvalue weighted by Crippen LogP contribution is -2.39. The third kappa shape index (κ3) is 3.77. The van der Waals surface area contributed by atoms with Gasteiger partial charge in [-0.15, -0.1) is 0 Å². The van der Waals surface area contributed by atoms with Gasteiger partial charge in [0, 0.05) is 24.3 Å². The van der Waals surface area contributed by atoms with Crippen molar-refractivity contribution in [3.63, 3.8) is 0 Å². The fourth-order valence-electron chi connectivity index (χ4n) is 3.50. The molecule has 1 N–H and O–H groups in total. The van der Waals surface area contributed by atoms with Crippen LogP contribution in [0.3, 0.4) is 0 Å². The Morgan fingerprint density at radius 3 is 3.00 bits per heavy atom. The summed E-state index contributed by atoms with van der Waals surface area (Å²) in [6.07, 6.45) is 3.75. The van der Waals surface area contributed by atoms with Crippen molar-refractivity contribution in [3.8, 4) is 11.4 Å². The third-order valence-corrected chi connectivity index (χ3v) is 4.90. The number of rotatable bonds is 5. The Balaban J connectivity index is 1.46. The van der Waals surface area contributed by atoms with Gasteiger partial charge in [-0.2, -0.15) is 10.1 Å². The van der Waals surface area contributed by atoms with Crippen molar-refractivity contribution in [2.45, 2.75) is 38.5 Å². The molecule has 27 heavy (non-hydrogen) atoms. The third-order valence-electron chi connectivity index (χ3n) is 4.90. The largest absolute Gasteiger partial charge is 0.339 e. The summed E-state index contributed by atoms with van der Waals surface area (Å²) >= 11 is 0. The van der Waals surface area contributed by atoms with E-state index in [1.807, 2.05) is 41.3 Å². The summed E-state index contributed by atoms with van der Waals surface area (Å²) in [6.45, 7) is 3.40. The van der Waals surface area contributed by atoms with E-state index in [-0.39, 0.29) is 11.8 Å². The maximum absolute atomic E-state index is 12.8. The molecule has 1 fully saturated rings. The van der Waals surface area contributed by atoms with Crippen molar-refractivity contribution in [3.05, 3.63) is 53.7 Å². The fourth-order valence-corrected chi connectivity index (χ4v) is 3.50. The molecule has 2 aromatic heterocycles. The summed E-state index contributed by atoms with van der Waals surface area (Å²) in [4.78, 5) is 19.2. The first-order chi connectivity index (χ1) is 13.2. The second kappa shape index (κ2) is 7.73. The molecule has 3 aromatic rings. The van der Waals surface area contributed by atoms with Crippen LogP contribution in [0.1, 0.15) is 54.2 Å². The normalized spacial score (nSPS) is 17.2. The van der Waals surface area contributed by atoms with E-state index >= 15 is 0 Å². The molecule has 7 nitrogen and oxygen atoms in total. The molecule has 1 aliphatic rings. The second-order valence-corrected chi connectivity index (χ2v) is 6.94. The van der Waals surface area contributed by atoms with Crippen molar-refractivity contribution in [2.75, 3.05) is 13.1 Å². The van der Waals surface area contributed by atoms with Gasteiger partial charge in [0.05, 0.1) is 5.92 Å². The summed E-state index contributed by atoms with van der Waals surface area (Å²) in [5.41, 5.74) is 2.41. The monoisotopic (exact) mass is 365 g/mol. The van der Waals surface area contributed by atoms with Crippen LogP contribution in [0.5, 0.6) is 0 Å². The lowest BCUT2D eigenvalue weighted by atomic mass is 9.97. The van der Waals surface area contributed by atoms with Crippen LogP contribution in [-0.2, 0) is 6.42 Å². The molecule has 1 aliphatic heterocycles. The standard InChI is InChI=1S/C20H23N5O2/c1-2-7-16-12-17(23-22-16)20(26)25-11-6-10-15(13-25)19-21-18(24-27-19)14-8-4-3-5-9-14/h3-5,8-9,12,15H,2,6-7,10-11,13H2,1H3,(H,22,23)/t15-/m1/s1. The number of hydrogen-bond acceptors (Lipinski definition) is 5. The Morgan fingerprint density at radius 2 is 2.19 bits per heavy atom. The van der Waals surface area contributed by atoms with Gasteiger partial charge < -0.3 is 9.42 Å². The summed E-state index contributed by atoms with van der Waals surface area (Å²) in [7, 11) is 0. The number of H-pyrrole nitrogens is 1. The van der Waals surface area contributed by atoms with E-state index in [1.165, 1.54) is 0 Å². The average Bonchev–Trinajstić information content (AvgIpc) is 3.39. The number of benzene rings is 1. The van der Waals surface area contributed by atoms with E-state index in [4.69, 9.17) is 4.52 Å². The lowest BCUT2D eigenvalue weighted by Gasteiger charge is -2.30. The molecule has 1 atom stereocenters. The van der Waals surface area contributed by atoms with Crippen molar-refractivity contribution < 1.29 is 9.32 Å². The molecule has 1 aromatic carbocycles. The number of nitrogens with one attached hydrogen (secondary N) is 1. The van der Waals surface area contributed by atoms with Crippen molar-refractivity contribution in [1.29, 1.82) is 0 Å². The predicted molar refractivity (Wildman–Crippen MR) is 100 cm³/mol. The Hall–Kier alpha value is -2.96. The molecule has 7 heteroatoms. The van der Waals surface area contributed by atoms with Crippen LogP contribution >= 0.6 is 0 Å². The van der Waals surface area contributed by atoms with Gasteiger partial charge in [-0.3, -0.25) is 9.89 Å². The number of likely N-dealkylation sites (tertiary alicyclic amines) is 1. The number of piperidine rings is 1. The molecule has 0 spiro atoms. The Bertz CT molecular complexity index is 902. The zero-order valence-electron chi connectivity index (χ0n) is 15.4. The molecular formula is C20H23N5O2. The molecule has 4 rings (SSSR count). The van der Waals surface area contributed by atoms with E-state index in [0.717, 1.165) is 43.5 Å². The minimum absolute atomic E-state index is 0.0406. The van der Waals surface area contributed by atoms with Gasteiger partial charge >= 0.3 is 0 Å². The molecule has 0 saturated carbocycles. The number of aromatic nitrogens is 4. The van der Waals surface area contributed by atoms with Gasteiger partial charge in [0.25, 0.3) is 5.91 Å². The predicted octanol–water partition coefficient (Wildman–Crippen LogP) is 3.43. The summed E-state index contributed by atoms with van der Waals surface area (Å²) in [5.74, 6) is 1.20. The van der Waals surface area contributed by atoms with Gasteiger partial charge in [-0.25, -0.2) is 0 Å². The molecule has 0 radical (unpaired) electrons. The van der Waals surface area contributed by atoms with Gasteiger partial charge in [0.15, 0.2) is 0 Å². The number of carbonyl (C=O) groups is 1. The van der Waals surface area contributed by atoms with Crippen LogP contribution in [0.4, 0.5) is 0 Å². The quantitative estimate of drug-likeness (QED) is 0.748. The second-order valence-electron chi connectivity index (χ2n) is 6.94. The van der Waals surface area contributed by atoms with Crippen LogP contribution in [0.2, 0.25) is 0 Å². The minimum Gasteiger partial charge on any atom is -0.339 e. The highest BCUT2D eigenvalue weighted by Gasteiger charge is 2.30. The number of aryl methyl sites for hydroxylation is 1. The number of carbonyl (C=O) groups excluding carboxylic acids is 1. The molecule has 140 valence electrons. The minimum atomic E-state index is -0.0406. The number of amides is 1. The van der Waals surface area contributed by atoms with Gasteiger partial charge in [-0.05, 0) is 25.3 Å². The van der Waals surface area contributed by atoms with E-state index in [9.17, 15) is 4.79 Å². The van der Waals surface area contributed by atoms with Crippen molar-refractivity contribution >= 4 is 5.91 Å². The summed E-state index contributed by atoms with van der Waals surface area (Å²) in [5, 5.41) is 11.2. The highest BCUT2D eigenvalue weighted by atomic mass is 16.5. The molecule has 0 aliphatic carbocycles. The molecule has 1 saturated heterocycles. The van der Waals surface area contributed by atoms with Crippen LogP contribution < -0.4 is 0 Å². The zero-order valence-corrected chi connectivity index (χ0v) is 15.4. The highest BCUT2D eigenvalue weighted by molar-refractivity contribution is 5.92. The number of aromatic amines is 1. The van der Waals surface area contributed by atoms with Gasteiger partial charge in [0.1, 0.15) is 5.69 Å². The first-order valence-corrected chi connectivity index (χ1v) is 9.47. The Kier molecular flexibility index (Phi) is 5.00. The maximum atomic E-state index is 12.8. The highest BCUT2D eigenvalue weighted by Crippen LogP contribution is 2.28. The lowest BCUT2D eigenvalue weighted by molar-refractivity contribution is 0.0689. The summed E-state index contributed by atoms with van der Waals surface area (Å²) < 4.78 is 5.51. The van der Waals surface area contributed by atoms with Crippen molar-refractivity contribution in [2.24, 2.45) is 0 Å². The van der Waals surface area contributed by atoms with E-state index in [0.29, 0.717) is 24.0 Å². The van der Waals surface area contributed by atoms with Gasteiger partial charge in [0.2, 0.25) is 11.7 Å². The Labute approximate surface area is 157 Å². The van der Waals surface area contributed by atoms with E-state index < -0.39 is 0 Å². The SMILES string of the molecule is CCCc1cc(C(=O)N2CCC[C@@H](c3nc(-c4ccccc4)no3)C2)n[nH]1. The first kappa shape index (κ1) is 17.5. The summed E-state index contributed by atoms with van der Waals surface area (Å²) in [6, 6.07) is 11.6. The zero-order chi connectivity index (χ0) is 18.6. The smallest absolute Gasteiger partial charge is 0.274 e. The van der Waals surface area contributed by atoms with Crippen LogP contribution in [0.15, 0.2) is 40.9 Å². The van der Waals surface area contributed by atoms with Gasteiger partial charge in [-0.1, -0.05) is 48.8 Å². The molecule has 1 amide bonds. The van der Waals surface area contributed by atoms with E-state index in [1.54, 1.807) is 0 Å². The number of nitrogens with zero attached hydrogens (tertiary/aromatic N) is 4.